The van der Waals surface area contributed by atoms with Gasteiger partial charge in [0.2, 0.25) is 5.95 Å². The van der Waals surface area contributed by atoms with Crippen LogP contribution in [0.1, 0.15) is 26.3 Å². The first-order valence-corrected chi connectivity index (χ1v) is 6.66. The van der Waals surface area contributed by atoms with Crippen molar-refractivity contribution in [3.63, 3.8) is 0 Å². The summed E-state index contributed by atoms with van der Waals surface area (Å²) in [6.07, 6.45) is 3.48. The third-order valence-electron chi connectivity index (χ3n) is 3.47. The fraction of sp³-hybridized carbons (Fsp3) is 0.250. The molecule has 20 heavy (non-hydrogen) atoms. The number of anilines is 1. The van der Waals surface area contributed by atoms with Gasteiger partial charge >= 0.3 is 0 Å². The lowest BCUT2D eigenvalue weighted by molar-refractivity contribution is 0.590. The van der Waals surface area contributed by atoms with E-state index in [4.69, 9.17) is 5.73 Å². The van der Waals surface area contributed by atoms with Crippen LogP contribution in [0.2, 0.25) is 0 Å². The van der Waals surface area contributed by atoms with E-state index in [-0.39, 0.29) is 5.41 Å². The monoisotopic (exact) mass is 266 g/mol. The normalized spacial score (nSPS) is 11.9. The summed E-state index contributed by atoms with van der Waals surface area (Å²) in [4.78, 5) is 8.41. The molecule has 0 amide bonds. The number of fused-ring (bicyclic) bond motifs is 1. The van der Waals surface area contributed by atoms with E-state index in [1.807, 2.05) is 10.6 Å². The Bertz CT molecular complexity index is 748. The molecule has 0 fully saturated rings. The summed E-state index contributed by atoms with van der Waals surface area (Å²) in [7, 11) is 0. The molecule has 0 saturated heterocycles. The van der Waals surface area contributed by atoms with Gasteiger partial charge < -0.3 is 5.73 Å². The van der Waals surface area contributed by atoms with Crippen LogP contribution in [0.15, 0.2) is 42.7 Å². The van der Waals surface area contributed by atoms with Crippen LogP contribution in [0.5, 0.6) is 0 Å². The summed E-state index contributed by atoms with van der Waals surface area (Å²) in [5.74, 6) is 0.483. The molecule has 2 aromatic heterocycles. The van der Waals surface area contributed by atoms with Gasteiger partial charge in [-0.1, -0.05) is 32.9 Å². The molecule has 0 aliphatic heterocycles. The van der Waals surface area contributed by atoms with Gasteiger partial charge in [0.1, 0.15) is 5.52 Å². The maximum absolute atomic E-state index is 6.03. The molecule has 1 aromatic carbocycles. The minimum atomic E-state index is 0.144. The van der Waals surface area contributed by atoms with Crippen molar-refractivity contribution < 1.29 is 0 Å². The largest absolute Gasteiger partial charge is 0.369 e. The van der Waals surface area contributed by atoms with E-state index in [1.165, 1.54) is 5.56 Å². The minimum absolute atomic E-state index is 0.144. The zero-order chi connectivity index (χ0) is 14.3. The maximum atomic E-state index is 6.03. The Kier molecular flexibility index (Phi) is 2.74. The van der Waals surface area contributed by atoms with Gasteiger partial charge in [0.25, 0.3) is 0 Å². The molecule has 0 spiro atoms. The Morgan fingerprint density at radius 1 is 1.05 bits per heavy atom. The number of nitrogen functional groups attached to an aromatic ring is 1. The highest BCUT2D eigenvalue weighted by molar-refractivity contribution is 5.79. The van der Waals surface area contributed by atoms with Crippen molar-refractivity contribution in [3.05, 3.63) is 48.3 Å². The molecule has 3 aromatic rings. The fourth-order valence-electron chi connectivity index (χ4n) is 2.33. The minimum Gasteiger partial charge on any atom is -0.369 e. The zero-order valence-electron chi connectivity index (χ0n) is 12.0. The molecule has 0 unspecified atom stereocenters. The zero-order valence-corrected chi connectivity index (χ0v) is 12.0. The van der Waals surface area contributed by atoms with Crippen LogP contribution >= 0.6 is 0 Å². The second kappa shape index (κ2) is 4.34. The maximum Gasteiger partial charge on any atom is 0.205 e. The van der Waals surface area contributed by atoms with E-state index in [0.717, 1.165) is 16.7 Å². The highest BCUT2D eigenvalue weighted by atomic mass is 15.2. The molecule has 3 rings (SSSR count). The van der Waals surface area contributed by atoms with E-state index < -0.39 is 0 Å². The van der Waals surface area contributed by atoms with E-state index in [9.17, 15) is 0 Å². The number of aromatic nitrogens is 3. The van der Waals surface area contributed by atoms with Gasteiger partial charge in [0.05, 0.1) is 11.7 Å². The van der Waals surface area contributed by atoms with Crippen LogP contribution in [-0.2, 0) is 5.41 Å². The summed E-state index contributed by atoms with van der Waals surface area (Å²) in [5.41, 5.74) is 10.3. The van der Waals surface area contributed by atoms with Crippen molar-refractivity contribution in [2.45, 2.75) is 26.2 Å². The highest BCUT2D eigenvalue weighted by Crippen LogP contribution is 2.26. The topological polar surface area (TPSA) is 56.7 Å². The quantitative estimate of drug-likeness (QED) is 0.735. The van der Waals surface area contributed by atoms with Gasteiger partial charge in [-0.25, -0.2) is 4.98 Å². The number of nitrogens with two attached hydrogens (primary N) is 1. The van der Waals surface area contributed by atoms with Gasteiger partial charge in [-0.2, -0.15) is 0 Å². The standard InChI is InChI=1S/C16H18N4/c1-16(2,3)11-4-6-12(7-5-11)20-14-8-9-18-10-13(14)19-15(20)17/h4-10H,1-3H3,(H2,17,19). The summed E-state index contributed by atoms with van der Waals surface area (Å²) in [5, 5.41) is 0. The summed E-state index contributed by atoms with van der Waals surface area (Å²) < 4.78 is 1.95. The molecular formula is C16H18N4. The van der Waals surface area contributed by atoms with Crippen molar-refractivity contribution in [2.75, 3.05) is 5.73 Å². The highest BCUT2D eigenvalue weighted by Gasteiger charge is 2.14. The van der Waals surface area contributed by atoms with Gasteiger partial charge in [0.15, 0.2) is 0 Å². The molecule has 0 aliphatic rings. The van der Waals surface area contributed by atoms with Crippen LogP contribution in [0.4, 0.5) is 5.95 Å². The average Bonchev–Trinajstić information content (AvgIpc) is 2.73. The smallest absolute Gasteiger partial charge is 0.205 e. The molecule has 0 saturated carbocycles. The lowest BCUT2D eigenvalue weighted by Crippen LogP contribution is -2.11. The van der Waals surface area contributed by atoms with Crippen LogP contribution in [0.25, 0.3) is 16.7 Å². The third kappa shape index (κ3) is 2.03. The summed E-state index contributed by atoms with van der Waals surface area (Å²) in [6.45, 7) is 6.61. The number of hydrogen-bond acceptors (Lipinski definition) is 3. The first kappa shape index (κ1) is 12.7. The van der Waals surface area contributed by atoms with Crippen molar-refractivity contribution >= 4 is 17.0 Å². The van der Waals surface area contributed by atoms with Gasteiger partial charge in [-0.3, -0.25) is 9.55 Å². The Hall–Kier alpha value is -2.36. The van der Waals surface area contributed by atoms with Gasteiger partial charge in [-0.15, -0.1) is 0 Å². The predicted molar refractivity (Wildman–Crippen MR) is 82.0 cm³/mol. The van der Waals surface area contributed by atoms with E-state index in [0.29, 0.717) is 5.95 Å². The van der Waals surface area contributed by atoms with Crippen LogP contribution in [0.3, 0.4) is 0 Å². The Morgan fingerprint density at radius 2 is 1.75 bits per heavy atom. The first-order chi connectivity index (χ1) is 9.47. The second-order valence-corrected chi connectivity index (χ2v) is 5.97. The lowest BCUT2D eigenvalue weighted by atomic mass is 9.87. The number of imidazole rings is 1. The number of pyridine rings is 1. The van der Waals surface area contributed by atoms with Crippen molar-refractivity contribution in [1.82, 2.24) is 14.5 Å². The summed E-state index contributed by atoms with van der Waals surface area (Å²) >= 11 is 0. The Morgan fingerprint density at radius 3 is 2.40 bits per heavy atom. The van der Waals surface area contributed by atoms with E-state index in [2.05, 4.69) is 55.0 Å². The Labute approximate surface area is 118 Å². The molecule has 0 bridgehead atoms. The van der Waals surface area contributed by atoms with Crippen molar-refractivity contribution in [1.29, 1.82) is 0 Å². The molecule has 4 nitrogen and oxygen atoms in total. The van der Waals surface area contributed by atoms with E-state index >= 15 is 0 Å². The molecular weight excluding hydrogens is 248 g/mol. The molecule has 2 N–H and O–H groups in total. The molecule has 0 aliphatic carbocycles. The van der Waals surface area contributed by atoms with Crippen LogP contribution in [-0.4, -0.2) is 14.5 Å². The van der Waals surface area contributed by atoms with Gasteiger partial charge in [0, 0.05) is 11.9 Å². The molecule has 0 radical (unpaired) electrons. The first-order valence-electron chi connectivity index (χ1n) is 6.66. The van der Waals surface area contributed by atoms with Gasteiger partial charge in [-0.05, 0) is 29.2 Å². The fourth-order valence-corrected chi connectivity index (χ4v) is 2.33. The van der Waals surface area contributed by atoms with Crippen molar-refractivity contribution in [3.8, 4) is 5.69 Å². The van der Waals surface area contributed by atoms with Crippen LogP contribution in [0, 0.1) is 0 Å². The second-order valence-electron chi connectivity index (χ2n) is 5.97. The third-order valence-corrected chi connectivity index (χ3v) is 3.47. The average molecular weight is 266 g/mol. The number of benzene rings is 1. The van der Waals surface area contributed by atoms with Crippen LogP contribution < -0.4 is 5.73 Å². The summed E-state index contributed by atoms with van der Waals surface area (Å²) in [6, 6.07) is 10.4. The molecule has 2 heterocycles. The Balaban J connectivity index is 2.14. The lowest BCUT2D eigenvalue weighted by Gasteiger charge is -2.19. The number of nitrogens with zero attached hydrogens (tertiary/aromatic N) is 3. The van der Waals surface area contributed by atoms with E-state index in [1.54, 1.807) is 12.4 Å². The molecule has 102 valence electrons. The number of rotatable bonds is 1. The predicted octanol–water partition coefficient (Wildman–Crippen LogP) is 3.30. The molecule has 4 heteroatoms. The van der Waals surface area contributed by atoms with Crippen molar-refractivity contribution in [2.24, 2.45) is 0 Å². The SMILES string of the molecule is CC(C)(C)c1ccc(-n2c(N)nc3cnccc32)cc1. The molecule has 0 atom stereocenters. The number of hydrogen-bond donors (Lipinski definition) is 1.